The molecule has 1 aromatic carbocycles. The van der Waals surface area contributed by atoms with Crippen molar-refractivity contribution in [1.82, 2.24) is 9.97 Å². The predicted octanol–water partition coefficient (Wildman–Crippen LogP) is 2.16. The Kier molecular flexibility index (Phi) is 4.21. The molecule has 1 amide bonds. The highest BCUT2D eigenvalue weighted by Crippen LogP contribution is 2.22. The van der Waals surface area contributed by atoms with Gasteiger partial charge in [0.1, 0.15) is 5.82 Å². The van der Waals surface area contributed by atoms with Gasteiger partial charge in [-0.15, -0.1) is 0 Å². The molecular weight excluding hydrogens is 303 g/mol. The molecule has 0 radical (unpaired) electrons. The highest BCUT2D eigenvalue weighted by molar-refractivity contribution is 7.80. The molecule has 0 aliphatic rings. The Hall–Kier alpha value is -2.12. The number of carbonyl (C=O) groups is 1. The van der Waals surface area contributed by atoms with E-state index in [1.54, 1.807) is 6.07 Å². The van der Waals surface area contributed by atoms with Gasteiger partial charge in [-0.3, -0.25) is 4.79 Å². The van der Waals surface area contributed by atoms with E-state index < -0.39 is 11.7 Å². The van der Waals surface area contributed by atoms with Crippen LogP contribution in [0, 0.1) is 5.82 Å². The van der Waals surface area contributed by atoms with Gasteiger partial charge in [0.2, 0.25) is 5.95 Å². The van der Waals surface area contributed by atoms with E-state index in [0.29, 0.717) is 0 Å². The van der Waals surface area contributed by atoms with Crippen molar-refractivity contribution in [3.8, 4) is 0 Å². The van der Waals surface area contributed by atoms with Crippen LogP contribution in [-0.4, -0.2) is 21.0 Å². The summed E-state index contributed by atoms with van der Waals surface area (Å²) in [5, 5.41) is -0.354. The van der Waals surface area contributed by atoms with E-state index in [-0.39, 0.29) is 21.6 Å². The van der Waals surface area contributed by atoms with Crippen LogP contribution in [0.15, 0.2) is 36.7 Å². The number of hydrogen-bond acceptors (Lipinski definition) is 4. The summed E-state index contributed by atoms with van der Waals surface area (Å²) in [5.41, 5.74) is 5.16. The second kappa shape index (κ2) is 5.89. The van der Waals surface area contributed by atoms with Crippen LogP contribution in [0.1, 0.15) is 10.4 Å². The summed E-state index contributed by atoms with van der Waals surface area (Å²) in [5.74, 6) is -1.66. The van der Waals surface area contributed by atoms with E-state index in [9.17, 15) is 9.18 Å². The average molecular weight is 311 g/mol. The molecule has 0 fully saturated rings. The van der Waals surface area contributed by atoms with Crippen molar-refractivity contribution in [2.45, 2.75) is 0 Å². The first-order valence-electron chi connectivity index (χ1n) is 5.37. The maximum atomic E-state index is 13.8. The van der Waals surface area contributed by atoms with Crippen LogP contribution >= 0.6 is 23.8 Å². The summed E-state index contributed by atoms with van der Waals surface area (Å²) in [6.07, 6.45) is 2.81. The zero-order valence-corrected chi connectivity index (χ0v) is 11.5. The van der Waals surface area contributed by atoms with Gasteiger partial charge >= 0.3 is 0 Å². The third-order valence-electron chi connectivity index (χ3n) is 2.35. The second-order valence-corrected chi connectivity index (χ2v) is 4.45. The predicted molar refractivity (Wildman–Crippen MR) is 77.0 cm³/mol. The number of carbonyl (C=O) groups excluding carboxylic acids is 1. The van der Waals surface area contributed by atoms with Crippen LogP contribution in [0.2, 0.25) is 5.02 Å². The molecule has 2 aromatic rings. The van der Waals surface area contributed by atoms with Gasteiger partial charge in [0.05, 0.1) is 10.6 Å². The number of amides is 1. The summed E-state index contributed by atoms with van der Waals surface area (Å²) >= 11 is 10.6. The van der Waals surface area contributed by atoms with Crippen molar-refractivity contribution < 1.29 is 9.18 Å². The Morgan fingerprint density at radius 2 is 1.95 bits per heavy atom. The number of benzene rings is 1. The fraction of sp³-hybridized carbons (Fsp3) is 0. The highest BCUT2D eigenvalue weighted by atomic mass is 35.5. The van der Waals surface area contributed by atoms with Crippen LogP contribution in [0.4, 0.5) is 10.3 Å². The van der Waals surface area contributed by atoms with E-state index >= 15 is 0 Å². The monoisotopic (exact) mass is 310 g/mol. The lowest BCUT2D eigenvalue weighted by Gasteiger charge is -2.19. The number of halogens is 2. The number of rotatable bonds is 2. The Bertz CT molecular complexity index is 648. The number of thiocarbonyl (C=S) groups is 1. The topological polar surface area (TPSA) is 72.1 Å². The molecule has 8 heteroatoms. The van der Waals surface area contributed by atoms with Crippen molar-refractivity contribution in [2.75, 3.05) is 4.90 Å². The first-order valence-corrected chi connectivity index (χ1v) is 6.16. The minimum absolute atomic E-state index is 0.0489. The van der Waals surface area contributed by atoms with Crippen molar-refractivity contribution in [3.63, 3.8) is 0 Å². The maximum Gasteiger partial charge on any atom is 0.271 e. The summed E-state index contributed by atoms with van der Waals surface area (Å²) < 4.78 is 13.8. The van der Waals surface area contributed by atoms with Crippen LogP contribution < -0.4 is 10.6 Å². The van der Waals surface area contributed by atoms with Gasteiger partial charge < -0.3 is 5.73 Å². The fourth-order valence-corrected chi connectivity index (χ4v) is 1.92. The molecule has 0 atom stereocenters. The third-order valence-corrected chi connectivity index (χ3v) is 2.85. The maximum absolute atomic E-state index is 13.8. The number of hydrogen-bond donors (Lipinski definition) is 1. The fourth-order valence-electron chi connectivity index (χ4n) is 1.51. The normalized spacial score (nSPS) is 10.1. The molecule has 1 heterocycles. The van der Waals surface area contributed by atoms with Gasteiger partial charge in [0.15, 0.2) is 5.11 Å². The zero-order valence-electron chi connectivity index (χ0n) is 9.96. The number of nitrogens with zero attached hydrogens (tertiary/aromatic N) is 3. The molecule has 2 N–H and O–H groups in total. The number of anilines is 1. The summed E-state index contributed by atoms with van der Waals surface area (Å²) in [6.45, 7) is 0. The first-order chi connectivity index (χ1) is 9.52. The number of aromatic nitrogens is 2. The summed E-state index contributed by atoms with van der Waals surface area (Å²) in [7, 11) is 0. The Morgan fingerprint density at radius 3 is 2.50 bits per heavy atom. The molecule has 20 heavy (non-hydrogen) atoms. The molecule has 0 aliphatic heterocycles. The summed E-state index contributed by atoms with van der Waals surface area (Å²) in [6, 6.07) is 5.45. The van der Waals surface area contributed by atoms with Gasteiger partial charge in [0.25, 0.3) is 5.91 Å². The largest absolute Gasteiger partial charge is 0.375 e. The van der Waals surface area contributed by atoms with E-state index in [0.717, 1.165) is 11.0 Å². The van der Waals surface area contributed by atoms with Gasteiger partial charge in [-0.1, -0.05) is 17.7 Å². The molecule has 0 aliphatic carbocycles. The quantitative estimate of drug-likeness (QED) is 0.861. The lowest BCUT2D eigenvalue weighted by atomic mass is 10.2. The third kappa shape index (κ3) is 2.73. The van der Waals surface area contributed by atoms with E-state index in [2.05, 4.69) is 9.97 Å². The van der Waals surface area contributed by atoms with Crippen LogP contribution in [-0.2, 0) is 0 Å². The first kappa shape index (κ1) is 14.3. The highest BCUT2D eigenvalue weighted by Gasteiger charge is 2.27. The molecule has 0 saturated heterocycles. The molecule has 5 nitrogen and oxygen atoms in total. The van der Waals surface area contributed by atoms with E-state index in [4.69, 9.17) is 29.6 Å². The Morgan fingerprint density at radius 1 is 1.30 bits per heavy atom. The van der Waals surface area contributed by atoms with Crippen molar-refractivity contribution in [2.24, 2.45) is 5.73 Å². The van der Waals surface area contributed by atoms with Crippen LogP contribution in [0.5, 0.6) is 0 Å². The van der Waals surface area contributed by atoms with Crippen molar-refractivity contribution in [3.05, 3.63) is 53.1 Å². The smallest absolute Gasteiger partial charge is 0.271 e. The van der Waals surface area contributed by atoms with Gasteiger partial charge in [-0.05, 0) is 30.4 Å². The van der Waals surface area contributed by atoms with Gasteiger partial charge in [-0.25, -0.2) is 19.3 Å². The minimum Gasteiger partial charge on any atom is -0.375 e. The van der Waals surface area contributed by atoms with E-state index in [1.165, 1.54) is 24.5 Å². The van der Waals surface area contributed by atoms with E-state index in [1.807, 2.05) is 0 Å². The molecule has 1 aromatic heterocycles. The zero-order chi connectivity index (χ0) is 14.7. The molecule has 0 bridgehead atoms. The SMILES string of the molecule is NC(=S)N(C(=O)c1c(F)cccc1Cl)c1ncccn1. The summed E-state index contributed by atoms with van der Waals surface area (Å²) in [4.78, 5) is 20.9. The molecule has 0 unspecified atom stereocenters. The molecule has 102 valence electrons. The van der Waals surface area contributed by atoms with Crippen molar-refractivity contribution in [1.29, 1.82) is 0 Å². The lowest BCUT2D eigenvalue weighted by Crippen LogP contribution is -2.42. The molecule has 0 spiro atoms. The standard InChI is InChI=1S/C12H8ClFN4OS/c13-7-3-1-4-8(14)9(7)10(19)18(11(15)20)12-16-5-2-6-17-12/h1-6H,(H2,15,20). The Labute approximate surface area is 124 Å². The average Bonchev–Trinajstić information content (AvgIpc) is 2.39. The molecule has 2 rings (SSSR count). The van der Waals surface area contributed by atoms with Gasteiger partial charge in [0, 0.05) is 12.4 Å². The number of nitrogens with two attached hydrogens (primary N) is 1. The second-order valence-electron chi connectivity index (χ2n) is 3.62. The Balaban J connectivity index is 2.51. The molecular formula is C12H8ClFN4OS. The lowest BCUT2D eigenvalue weighted by molar-refractivity contribution is 0.0997. The van der Waals surface area contributed by atoms with Crippen molar-refractivity contribution >= 4 is 40.8 Å². The van der Waals surface area contributed by atoms with Crippen LogP contribution in [0.3, 0.4) is 0 Å². The van der Waals surface area contributed by atoms with Crippen LogP contribution in [0.25, 0.3) is 0 Å². The molecule has 0 saturated carbocycles. The van der Waals surface area contributed by atoms with Gasteiger partial charge in [-0.2, -0.15) is 0 Å². The minimum atomic E-state index is -0.827.